The monoisotopic (exact) mass is 391 g/mol. The van der Waals surface area contributed by atoms with E-state index in [1.165, 1.54) is 19.3 Å². The molecule has 0 heterocycles. The SMILES string of the molecule is CCN(CC)CC#CCOC(=O)[C@@](C)(c1ccccc1)C1CCCCC1.Cl. The van der Waals surface area contributed by atoms with E-state index in [1.54, 1.807) is 0 Å². The minimum Gasteiger partial charge on any atom is -0.452 e. The summed E-state index contributed by atoms with van der Waals surface area (Å²) in [6.45, 7) is 9.18. The third kappa shape index (κ3) is 6.26. The van der Waals surface area contributed by atoms with Gasteiger partial charge in [-0.2, -0.15) is 0 Å². The second-order valence-corrected chi connectivity index (χ2v) is 7.29. The largest absolute Gasteiger partial charge is 0.452 e. The first kappa shape index (κ1) is 23.5. The van der Waals surface area contributed by atoms with Crippen LogP contribution in [-0.4, -0.2) is 37.1 Å². The Kier molecular flexibility index (Phi) is 10.5. The second kappa shape index (κ2) is 12.1. The maximum atomic E-state index is 13.1. The van der Waals surface area contributed by atoms with Crippen molar-refractivity contribution in [1.29, 1.82) is 0 Å². The molecular formula is C23H34ClNO2. The van der Waals surface area contributed by atoms with Gasteiger partial charge in [-0.05, 0) is 44.3 Å². The lowest BCUT2D eigenvalue weighted by Gasteiger charge is -2.38. The summed E-state index contributed by atoms with van der Waals surface area (Å²) in [5.74, 6) is 6.33. The predicted octanol–water partition coefficient (Wildman–Crippen LogP) is 4.83. The average Bonchev–Trinajstić information content (AvgIpc) is 2.71. The van der Waals surface area contributed by atoms with Crippen molar-refractivity contribution in [2.24, 2.45) is 5.92 Å². The highest BCUT2D eigenvalue weighted by Crippen LogP contribution is 2.41. The van der Waals surface area contributed by atoms with Crippen molar-refractivity contribution in [3.63, 3.8) is 0 Å². The van der Waals surface area contributed by atoms with Gasteiger partial charge in [0.05, 0.1) is 12.0 Å². The van der Waals surface area contributed by atoms with E-state index in [1.807, 2.05) is 18.2 Å². The molecule has 150 valence electrons. The molecule has 0 N–H and O–H groups in total. The molecular weight excluding hydrogens is 358 g/mol. The topological polar surface area (TPSA) is 29.5 Å². The molecule has 1 aromatic rings. The summed E-state index contributed by atoms with van der Waals surface area (Å²) >= 11 is 0. The lowest BCUT2D eigenvalue weighted by atomic mass is 9.66. The Balaban J connectivity index is 0.00000364. The van der Waals surface area contributed by atoms with Crippen LogP contribution in [0, 0.1) is 17.8 Å². The van der Waals surface area contributed by atoms with Gasteiger partial charge in [-0.25, -0.2) is 0 Å². The Bertz CT molecular complexity index is 612. The van der Waals surface area contributed by atoms with E-state index < -0.39 is 5.41 Å². The Labute approximate surface area is 171 Å². The molecule has 0 aromatic heterocycles. The van der Waals surface area contributed by atoms with Gasteiger partial charge < -0.3 is 4.74 Å². The molecule has 0 aliphatic heterocycles. The lowest BCUT2D eigenvalue weighted by Crippen LogP contribution is -2.42. The predicted molar refractivity (Wildman–Crippen MR) is 114 cm³/mol. The summed E-state index contributed by atoms with van der Waals surface area (Å²) in [4.78, 5) is 15.3. The van der Waals surface area contributed by atoms with Crippen LogP contribution < -0.4 is 0 Å². The molecule has 2 rings (SSSR count). The summed E-state index contributed by atoms with van der Waals surface area (Å²) in [5.41, 5.74) is 0.482. The third-order valence-electron chi connectivity index (χ3n) is 5.82. The van der Waals surface area contributed by atoms with Crippen LogP contribution >= 0.6 is 12.4 Å². The zero-order valence-corrected chi connectivity index (χ0v) is 17.8. The Morgan fingerprint density at radius 3 is 2.33 bits per heavy atom. The fraction of sp³-hybridized carbons (Fsp3) is 0.609. The highest BCUT2D eigenvalue weighted by atomic mass is 35.5. The summed E-state index contributed by atoms with van der Waals surface area (Å²) in [5, 5.41) is 0. The van der Waals surface area contributed by atoms with Gasteiger partial charge >= 0.3 is 5.97 Å². The highest BCUT2D eigenvalue weighted by molar-refractivity contribution is 5.85. The number of carbonyl (C=O) groups is 1. The maximum Gasteiger partial charge on any atom is 0.317 e. The summed E-state index contributed by atoms with van der Waals surface area (Å²) in [7, 11) is 0. The first-order chi connectivity index (χ1) is 12.6. The van der Waals surface area contributed by atoms with Crippen LogP contribution in [0.2, 0.25) is 0 Å². The van der Waals surface area contributed by atoms with Gasteiger partial charge in [0.1, 0.15) is 0 Å². The van der Waals surface area contributed by atoms with Crippen LogP contribution in [0.4, 0.5) is 0 Å². The molecule has 1 saturated carbocycles. The molecule has 0 amide bonds. The molecule has 0 saturated heterocycles. The highest BCUT2D eigenvalue weighted by Gasteiger charge is 2.44. The molecule has 0 spiro atoms. The average molecular weight is 392 g/mol. The van der Waals surface area contributed by atoms with Crippen LogP contribution in [0.1, 0.15) is 58.4 Å². The van der Waals surface area contributed by atoms with E-state index in [4.69, 9.17) is 4.74 Å². The van der Waals surface area contributed by atoms with Crippen molar-refractivity contribution in [1.82, 2.24) is 4.90 Å². The lowest BCUT2D eigenvalue weighted by molar-refractivity contribution is -0.151. The van der Waals surface area contributed by atoms with E-state index in [9.17, 15) is 4.79 Å². The molecule has 1 fully saturated rings. The van der Waals surface area contributed by atoms with Crippen LogP contribution in [-0.2, 0) is 14.9 Å². The summed E-state index contributed by atoms with van der Waals surface area (Å²) in [6.07, 6.45) is 5.85. The van der Waals surface area contributed by atoms with E-state index in [-0.39, 0.29) is 25.0 Å². The number of hydrogen-bond acceptors (Lipinski definition) is 3. The van der Waals surface area contributed by atoms with Crippen molar-refractivity contribution < 1.29 is 9.53 Å². The zero-order valence-electron chi connectivity index (χ0n) is 17.0. The Morgan fingerprint density at radius 2 is 1.74 bits per heavy atom. The van der Waals surface area contributed by atoms with Crippen molar-refractivity contribution >= 4 is 18.4 Å². The van der Waals surface area contributed by atoms with Crippen molar-refractivity contribution in [3.05, 3.63) is 35.9 Å². The standard InChI is InChI=1S/C23H33NO2.ClH/c1-4-24(5-2)18-12-13-19-26-22(25)23(3,20-14-8-6-9-15-20)21-16-10-7-11-17-21;/h6,8-9,14-15,21H,4-5,7,10-11,16-19H2,1-3H3;1H/t23-;/m0./s1. The first-order valence-electron chi connectivity index (χ1n) is 10.0. The number of esters is 1. The zero-order chi connectivity index (χ0) is 18.8. The van der Waals surface area contributed by atoms with E-state index in [0.29, 0.717) is 5.92 Å². The molecule has 1 atom stereocenters. The van der Waals surface area contributed by atoms with Crippen LogP contribution in [0.5, 0.6) is 0 Å². The van der Waals surface area contributed by atoms with Crippen LogP contribution in [0.25, 0.3) is 0 Å². The van der Waals surface area contributed by atoms with E-state index in [0.717, 1.165) is 38.0 Å². The Hall–Kier alpha value is -1.50. The third-order valence-corrected chi connectivity index (χ3v) is 5.82. The van der Waals surface area contributed by atoms with Crippen molar-refractivity contribution in [2.75, 3.05) is 26.2 Å². The molecule has 0 radical (unpaired) electrons. The molecule has 0 bridgehead atoms. The van der Waals surface area contributed by atoms with Crippen LogP contribution in [0.15, 0.2) is 30.3 Å². The fourth-order valence-electron chi connectivity index (χ4n) is 3.90. The number of hydrogen-bond donors (Lipinski definition) is 0. The molecule has 0 unspecified atom stereocenters. The maximum absolute atomic E-state index is 13.1. The van der Waals surface area contributed by atoms with E-state index >= 15 is 0 Å². The normalized spacial score (nSPS) is 16.6. The minimum absolute atomic E-state index is 0. The molecule has 27 heavy (non-hydrogen) atoms. The van der Waals surface area contributed by atoms with Gasteiger partial charge in [-0.1, -0.05) is 75.3 Å². The number of carbonyl (C=O) groups excluding carboxylic acids is 1. The minimum atomic E-state index is -0.581. The van der Waals surface area contributed by atoms with Gasteiger partial charge in [-0.15, -0.1) is 12.4 Å². The molecule has 1 aromatic carbocycles. The molecule has 1 aliphatic carbocycles. The number of nitrogens with zero attached hydrogens (tertiary/aromatic N) is 1. The number of rotatable bonds is 7. The Morgan fingerprint density at radius 1 is 1.11 bits per heavy atom. The van der Waals surface area contributed by atoms with Crippen LogP contribution in [0.3, 0.4) is 0 Å². The van der Waals surface area contributed by atoms with Gasteiger partial charge in [0.25, 0.3) is 0 Å². The summed E-state index contributed by atoms with van der Waals surface area (Å²) < 4.78 is 5.63. The van der Waals surface area contributed by atoms with Gasteiger partial charge in [0, 0.05) is 0 Å². The van der Waals surface area contributed by atoms with Crippen molar-refractivity contribution in [2.45, 2.75) is 58.3 Å². The van der Waals surface area contributed by atoms with Crippen molar-refractivity contribution in [3.8, 4) is 11.8 Å². The van der Waals surface area contributed by atoms with Gasteiger partial charge in [0.15, 0.2) is 6.61 Å². The summed E-state index contributed by atoms with van der Waals surface area (Å²) in [6, 6.07) is 10.1. The molecule has 1 aliphatic rings. The second-order valence-electron chi connectivity index (χ2n) is 7.29. The van der Waals surface area contributed by atoms with Gasteiger partial charge in [-0.3, -0.25) is 9.69 Å². The first-order valence-corrected chi connectivity index (χ1v) is 10.0. The number of ether oxygens (including phenoxy) is 1. The molecule has 4 heteroatoms. The quantitative estimate of drug-likeness (QED) is 0.492. The van der Waals surface area contributed by atoms with E-state index in [2.05, 4.69) is 49.6 Å². The fourth-order valence-corrected chi connectivity index (χ4v) is 3.90. The smallest absolute Gasteiger partial charge is 0.317 e. The number of halogens is 1. The molecule has 3 nitrogen and oxygen atoms in total. The van der Waals surface area contributed by atoms with Gasteiger partial charge in [0.2, 0.25) is 0 Å². The number of benzene rings is 1.